The zero-order valence-electron chi connectivity index (χ0n) is 10.3. The monoisotopic (exact) mass is 309 g/mol. The van der Waals surface area contributed by atoms with E-state index in [-0.39, 0.29) is 5.56 Å². The molecule has 1 aromatic heterocycles. The van der Waals surface area contributed by atoms with Crippen LogP contribution in [0.2, 0.25) is 0 Å². The van der Waals surface area contributed by atoms with Gasteiger partial charge in [-0.15, -0.1) is 0 Å². The number of halogens is 1. The van der Waals surface area contributed by atoms with Gasteiger partial charge >= 0.3 is 0 Å². The molecule has 96 valence electrons. The molecular weight excluding hydrogens is 294 g/mol. The van der Waals surface area contributed by atoms with E-state index in [2.05, 4.69) is 33.2 Å². The van der Waals surface area contributed by atoms with Crippen molar-refractivity contribution < 1.29 is 0 Å². The Morgan fingerprint density at radius 3 is 3.06 bits per heavy atom. The van der Waals surface area contributed by atoms with Crippen LogP contribution in [0, 0.1) is 0 Å². The predicted octanol–water partition coefficient (Wildman–Crippen LogP) is 2.16. The number of aryl methyl sites for hydroxylation is 1. The summed E-state index contributed by atoms with van der Waals surface area (Å²) in [5.74, 6) is 0. The minimum absolute atomic E-state index is 0.0257. The number of aromatic nitrogens is 2. The minimum atomic E-state index is 0.0257. The molecule has 0 aliphatic carbocycles. The second kappa shape index (κ2) is 6.11. The van der Waals surface area contributed by atoms with Crippen LogP contribution >= 0.6 is 15.9 Å². The summed E-state index contributed by atoms with van der Waals surface area (Å²) in [6.45, 7) is 4.64. The Morgan fingerprint density at radius 2 is 2.28 bits per heavy atom. The first-order valence-corrected chi connectivity index (χ1v) is 6.87. The van der Waals surface area contributed by atoms with Crippen molar-refractivity contribution >= 4 is 26.8 Å². The summed E-state index contributed by atoms with van der Waals surface area (Å²) in [5, 5.41) is 3.90. The van der Waals surface area contributed by atoms with E-state index in [1.165, 1.54) is 0 Å². The predicted molar refractivity (Wildman–Crippen MR) is 76.9 cm³/mol. The van der Waals surface area contributed by atoms with Crippen molar-refractivity contribution in [3.63, 3.8) is 0 Å². The second-order valence-electron chi connectivity index (χ2n) is 4.11. The van der Waals surface area contributed by atoms with Gasteiger partial charge in [0.25, 0.3) is 5.56 Å². The van der Waals surface area contributed by atoms with Gasteiger partial charge in [0.05, 0.1) is 17.2 Å². The highest BCUT2D eigenvalue weighted by molar-refractivity contribution is 9.10. The Morgan fingerprint density at radius 1 is 1.44 bits per heavy atom. The smallest absolute Gasteiger partial charge is 0.261 e. The van der Waals surface area contributed by atoms with E-state index in [1.807, 2.05) is 18.2 Å². The zero-order chi connectivity index (χ0) is 13.0. The third-order valence-corrected chi connectivity index (χ3v) is 3.28. The van der Waals surface area contributed by atoms with Gasteiger partial charge in [0.15, 0.2) is 0 Å². The van der Waals surface area contributed by atoms with Crippen molar-refractivity contribution in [1.82, 2.24) is 14.9 Å². The first-order valence-electron chi connectivity index (χ1n) is 6.08. The van der Waals surface area contributed by atoms with Crippen molar-refractivity contribution in [3.8, 4) is 0 Å². The summed E-state index contributed by atoms with van der Waals surface area (Å²) >= 11 is 3.38. The van der Waals surface area contributed by atoms with Gasteiger partial charge in [0.1, 0.15) is 0 Å². The van der Waals surface area contributed by atoms with Crippen LogP contribution in [-0.2, 0) is 6.54 Å². The molecule has 4 nitrogen and oxygen atoms in total. The molecule has 0 unspecified atom stereocenters. The molecule has 2 rings (SSSR count). The topological polar surface area (TPSA) is 46.9 Å². The molecule has 0 saturated carbocycles. The van der Waals surface area contributed by atoms with Crippen LogP contribution in [0.1, 0.15) is 13.3 Å². The second-order valence-corrected chi connectivity index (χ2v) is 5.03. The van der Waals surface area contributed by atoms with Crippen molar-refractivity contribution in [2.45, 2.75) is 19.9 Å². The fourth-order valence-corrected chi connectivity index (χ4v) is 2.20. The SMILES string of the molecule is CCNCCCn1cnc2ccc(Br)cc2c1=O. The lowest BCUT2D eigenvalue weighted by Crippen LogP contribution is -2.23. The summed E-state index contributed by atoms with van der Waals surface area (Å²) in [6, 6.07) is 5.57. The molecule has 18 heavy (non-hydrogen) atoms. The Labute approximate surface area is 114 Å². The number of nitrogens with zero attached hydrogens (tertiary/aromatic N) is 2. The van der Waals surface area contributed by atoms with Crippen molar-refractivity contribution in [2.24, 2.45) is 0 Å². The molecule has 1 N–H and O–H groups in total. The Kier molecular flexibility index (Phi) is 4.49. The maximum atomic E-state index is 12.2. The molecular formula is C13H16BrN3O. The third-order valence-electron chi connectivity index (χ3n) is 2.79. The summed E-state index contributed by atoms with van der Waals surface area (Å²) < 4.78 is 2.57. The van der Waals surface area contributed by atoms with Crippen LogP contribution in [0.15, 0.2) is 33.8 Å². The number of nitrogens with one attached hydrogen (secondary N) is 1. The number of hydrogen-bond donors (Lipinski definition) is 1. The number of rotatable bonds is 5. The quantitative estimate of drug-likeness (QED) is 0.861. The zero-order valence-corrected chi connectivity index (χ0v) is 11.9. The van der Waals surface area contributed by atoms with E-state index in [9.17, 15) is 4.79 Å². The van der Waals surface area contributed by atoms with E-state index in [0.29, 0.717) is 11.9 Å². The van der Waals surface area contributed by atoms with Crippen molar-refractivity contribution in [1.29, 1.82) is 0 Å². The van der Waals surface area contributed by atoms with Crippen LogP contribution in [0.25, 0.3) is 10.9 Å². The highest BCUT2D eigenvalue weighted by Gasteiger charge is 2.04. The van der Waals surface area contributed by atoms with E-state index in [0.717, 1.165) is 29.5 Å². The summed E-state index contributed by atoms with van der Waals surface area (Å²) in [4.78, 5) is 16.5. The van der Waals surface area contributed by atoms with E-state index in [1.54, 1.807) is 10.9 Å². The average Bonchev–Trinajstić information content (AvgIpc) is 2.38. The number of hydrogen-bond acceptors (Lipinski definition) is 3. The lowest BCUT2D eigenvalue weighted by atomic mass is 10.2. The molecule has 2 aromatic rings. The van der Waals surface area contributed by atoms with Crippen LogP contribution in [0.3, 0.4) is 0 Å². The first-order chi connectivity index (χ1) is 8.72. The lowest BCUT2D eigenvalue weighted by Gasteiger charge is -2.07. The first kappa shape index (κ1) is 13.2. The van der Waals surface area contributed by atoms with Gasteiger partial charge in [0.2, 0.25) is 0 Å². The molecule has 0 atom stereocenters. The highest BCUT2D eigenvalue weighted by atomic mass is 79.9. The van der Waals surface area contributed by atoms with Gasteiger partial charge in [0, 0.05) is 11.0 Å². The third kappa shape index (κ3) is 2.97. The van der Waals surface area contributed by atoms with Gasteiger partial charge in [-0.2, -0.15) is 0 Å². The Hall–Kier alpha value is -1.20. The van der Waals surface area contributed by atoms with Gasteiger partial charge < -0.3 is 5.32 Å². The van der Waals surface area contributed by atoms with Crippen LogP contribution < -0.4 is 10.9 Å². The molecule has 0 aliphatic rings. The van der Waals surface area contributed by atoms with Crippen molar-refractivity contribution in [2.75, 3.05) is 13.1 Å². The van der Waals surface area contributed by atoms with Crippen LogP contribution in [-0.4, -0.2) is 22.6 Å². The maximum absolute atomic E-state index is 12.2. The fourth-order valence-electron chi connectivity index (χ4n) is 1.84. The molecule has 5 heteroatoms. The molecule has 0 fully saturated rings. The summed E-state index contributed by atoms with van der Waals surface area (Å²) in [5.41, 5.74) is 0.768. The Bertz CT molecular complexity index is 594. The molecule has 0 spiro atoms. The van der Waals surface area contributed by atoms with Gasteiger partial charge in [-0.25, -0.2) is 4.98 Å². The van der Waals surface area contributed by atoms with E-state index in [4.69, 9.17) is 0 Å². The molecule has 0 aliphatic heterocycles. The molecule has 0 bridgehead atoms. The van der Waals surface area contributed by atoms with Gasteiger partial charge in [-0.3, -0.25) is 9.36 Å². The van der Waals surface area contributed by atoms with E-state index < -0.39 is 0 Å². The molecule has 0 radical (unpaired) electrons. The highest BCUT2D eigenvalue weighted by Crippen LogP contribution is 2.14. The molecule has 0 saturated heterocycles. The lowest BCUT2D eigenvalue weighted by molar-refractivity contribution is 0.577. The van der Waals surface area contributed by atoms with E-state index >= 15 is 0 Å². The van der Waals surface area contributed by atoms with Crippen LogP contribution in [0.5, 0.6) is 0 Å². The number of benzene rings is 1. The average molecular weight is 310 g/mol. The molecule has 1 heterocycles. The Balaban J connectivity index is 2.24. The van der Waals surface area contributed by atoms with Gasteiger partial charge in [-0.1, -0.05) is 22.9 Å². The summed E-state index contributed by atoms with van der Waals surface area (Å²) in [7, 11) is 0. The summed E-state index contributed by atoms with van der Waals surface area (Å²) in [6.07, 6.45) is 2.56. The molecule has 1 aromatic carbocycles. The van der Waals surface area contributed by atoms with Crippen molar-refractivity contribution in [3.05, 3.63) is 39.4 Å². The standard InChI is InChI=1S/C13H16BrN3O/c1-2-15-6-3-7-17-9-16-12-5-4-10(14)8-11(12)13(17)18/h4-5,8-9,15H,2-3,6-7H2,1H3. The largest absolute Gasteiger partial charge is 0.317 e. The minimum Gasteiger partial charge on any atom is -0.317 e. The maximum Gasteiger partial charge on any atom is 0.261 e. The van der Waals surface area contributed by atoms with Gasteiger partial charge in [-0.05, 0) is 37.7 Å². The van der Waals surface area contributed by atoms with Crippen LogP contribution in [0.4, 0.5) is 0 Å². The molecule has 0 amide bonds. The normalized spacial score (nSPS) is 11.0. The fraction of sp³-hybridized carbons (Fsp3) is 0.385. The number of fused-ring (bicyclic) bond motifs is 1.